The van der Waals surface area contributed by atoms with Crippen LogP contribution < -0.4 is 4.74 Å². The standard InChI is InChI=1S/C21H20FN3O3/c1-13-23-20(28-24-13)17-12-25(11-16(17)14-6-4-3-5-7-14)21(26)15-8-9-19(27-2)18(22)10-15/h3-10,16-17H,11-12H2,1-2H3. The molecule has 2 aromatic carbocycles. The van der Waals surface area contributed by atoms with E-state index >= 15 is 0 Å². The lowest BCUT2D eigenvalue weighted by molar-refractivity contribution is 0.0787. The highest BCUT2D eigenvalue weighted by Gasteiger charge is 2.40. The van der Waals surface area contributed by atoms with Crippen molar-refractivity contribution >= 4 is 5.91 Å². The topological polar surface area (TPSA) is 68.5 Å². The van der Waals surface area contributed by atoms with Gasteiger partial charge in [0.2, 0.25) is 5.89 Å². The summed E-state index contributed by atoms with van der Waals surface area (Å²) in [5, 5.41) is 3.90. The predicted molar refractivity (Wildman–Crippen MR) is 99.8 cm³/mol. The Hall–Kier alpha value is -3.22. The first kappa shape index (κ1) is 18.2. The molecule has 1 saturated heterocycles. The van der Waals surface area contributed by atoms with E-state index < -0.39 is 5.82 Å². The Labute approximate surface area is 161 Å². The van der Waals surface area contributed by atoms with Gasteiger partial charge in [-0.2, -0.15) is 4.98 Å². The summed E-state index contributed by atoms with van der Waals surface area (Å²) in [6.07, 6.45) is 0. The van der Waals surface area contributed by atoms with Crippen LogP contribution in [0, 0.1) is 12.7 Å². The van der Waals surface area contributed by atoms with Gasteiger partial charge in [-0.25, -0.2) is 4.39 Å². The molecule has 1 aliphatic rings. The first-order chi connectivity index (χ1) is 13.6. The van der Waals surface area contributed by atoms with Crippen molar-refractivity contribution in [2.75, 3.05) is 20.2 Å². The maximum Gasteiger partial charge on any atom is 0.254 e. The van der Waals surface area contributed by atoms with E-state index in [1.807, 2.05) is 30.3 Å². The van der Waals surface area contributed by atoms with Crippen molar-refractivity contribution in [2.45, 2.75) is 18.8 Å². The molecule has 2 heterocycles. The van der Waals surface area contributed by atoms with Crippen molar-refractivity contribution in [1.82, 2.24) is 15.0 Å². The molecule has 1 fully saturated rings. The number of methoxy groups -OCH3 is 1. The lowest BCUT2D eigenvalue weighted by Gasteiger charge is -2.17. The predicted octanol–water partition coefficient (Wildman–Crippen LogP) is 3.55. The number of aromatic nitrogens is 2. The summed E-state index contributed by atoms with van der Waals surface area (Å²) in [6.45, 7) is 2.68. The molecule has 0 spiro atoms. The number of hydrogen-bond donors (Lipinski definition) is 0. The second kappa shape index (κ2) is 7.42. The maximum atomic E-state index is 14.1. The Morgan fingerprint density at radius 3 is 2.57 bits per heavy atom. The number of rotatable bonds is 4. The van der Waals surface area contributed by atoms with E-state index in [0.29, 0.717) is 24.8 Å². The molecule has 4 rings (SSSR count). The minimum Gasteiger partial charge on any atom is -0.494 e. The normalized spacial score (nSPS) is 19.0. The van der Waals surface area contributed by atoms with Gasteiger partial charge in [-0.15, -0.1) is 0 Å². The number of carbonyl (C=O) groups excluding carboxylic acids is 1. The fraction of sp³-hybridized carbons (Fsp3) is 0.286. The summed E-state index contributed by atoms with van der Waals surface area (Å²) in [5.41, 5.74) is 1.38. The number of carbonyl (C=O) groups is 1. The number of benzene rings is 2. The zero-order valence-corrected chi connectivity index (χ0v) is 15.6. The molecule has 1 aliphatic heterocycles. The minimum absolute atomic E-state index is 0.0214. The van der Waals surface area contributed by atoms with Crippen LogP contribution >= 0.6 is 0 Å². The van der Waals surface area contributed by atoms with Gasteiger partial charge in [-0.3, -0.25) is 4.79 Å². The number of likely N-dealkylation sites (tertiary alicyclic amines) is 1. The molecule has 3 aromatic rings. The van der Waals surface area contributed by atoms with Gasteiger partial charge in [0.25, 0.3) is 5.91 Å². The third kappa shape index (κ3) is 3.35. The maximum absolute atomic E-state index is 14.1. The number of hydrogen-bond acceptors (Lipinski definition) is 5. The lowest BCUT2D eigenvalue weighted by Crippen LogP contribution is -2.29. The Balaban J connectivity index is 1.64. The van der Waals surface area contributed by atoms with Gasteiger partial charge in [0, 0.05) is 24.6 Å². The summed E-state index contributed by atoms with van der Waals surface area (Å²) in [4.78, 5) is 19.1. The van der Waals surface area contributed by atoms with Gasteiger partial charge in [-0.1, -0.05) is 35.5 Å². The Morgan fingerprint density at radius 1 is 1.18 bits per heavy atom. The monoisotopic (exact) mass is 381 g/mol. The lowest BCUT2D eigenvalue weighted by atomic mass is 9.89. The molecule has 28 heavy (non-hydrogen) atoms. The van der Waals surface area contributed by atoms with Crippen LogP contribution in [-0.2, 0) is 0 Å². The fourth-order valence-electron chi connectivity index (χ4n) is 3.70. The molecule has 1 aromatic heterocycles. The summed E-state index contributed by atoms with van der Waals surface area (Å²) < 4.78 is 24.4. The Morgan fingerprint density at radius 2 is 1.93 bits per heavy atom. The van der Waals surface area contributed by atoms with Crippen LogP contribution in [0.15, 0.2) is 53.1 Å². The molecular weight excluding hydrogens is 361 g/mol. The second-order valence-corrected chi connectivity index (χ2v) is 6.86. The van der Waals surface area contributed by atoms with Crippen molar-refractivity contribution in [3.8, 4) is 5.75 Å². The van der Waals surface area contributed by atoms with Crippen molar-refractivity contribution in [1.29, 1.82) is 0 Å². The highest BCUT2D eigenvalue weighted by Crippen LogP contribution is 2.39. The Kier molecular flexibility index (Phi) is 4.81. The summed E-state index contributed by atoms with van der Waals surface area (Å²) in [6, 6.07) is 14.2. The SMILES string of the molecule is COc1ccc(C(=O)N2CC(c3ccccc3)C(c3nc(C)no3)C2)cc1F. The molecule has 1 amide bonds. The molecular formula is C21H20FN3O3. The summed E-state index contributed by atoms with van der Waals surface area (Å²) >= 11 is 0. The van der Waals surface area contributed by atoms with E-state index in [9.17, 15) is 9.18 Å². The fourth-order valence-corrected chi connectivity index (χ4v) is 3.70. The number of ether oxygens (including phenoxy) is 1. The van der Waals surface area contributed by atoms with Crippen LogP contribution in [0.5, 0.6) is 5.75 Å². The van der Waals surface area contributed by atoms with E-state index in [1.165, 1.54) is 19.2 Å². The van der Waals surface area contributed by atoms with E-state index in [1.54, 1.807) is 17.9 Å². The molecule has 2 unspecified atom stereocenters. The van der Waals surface area contributed by atoms with E-state index in [0.717, 1.165) is 5.56 Å². The van der Waals surface area contributed by atoms with Crippen LogP contribution in [0.4, 0.5) is 4.39 Å². The van der Waals surface area contributed by atoms with Crippen LogP contribution in [0.3, 0.4) is 0 Å². The first-order valence-corrected chi connectivity index (χ1v) is 9.04. The first-order valence-electron chi connectivity index (χ1n) is 9.04. The molecule has 0 bridgehead atoms. The number of amides is 1. The number of halogens is 1. The van der Waals surface area contributed by atoms with Gasteiger partial charge in [0.1, 0.15) is 0 Å². The zero-order valence-electron chi connectivity index (χ0n) is 15.6. The minimum atomic E-state index is -0.559. The van der Waals surface area contributed by atoms with E-state index in [2.05, 4.69) is 10.1 Å². The average molecular weight is 381 g/mol. The van der Waals surface area contributed by atoms with Gasteiger partial charge in [0.05, 0.1) is 13.0 Å². The number of nitrogens with zero attached hydrogens (tertiary/aromatic N) is 3. The van der Waals surface area contributed by atoms with Gasteiger partial charge in [0.15, 0.2) is 17.4 Å². The van der Waals surface area contributed by atoms with Gasteiger partial charge in [-0.05, 0) is 30.7 Å². The highest BCUT2D eigenvalue weighted by atomic mass is 19.1. The third-order valence-electron chi connectivity index (χ3n) is 5.09. The average Bonchev–Trinajstić information content (AvgIpc) is 3.34. The van der Waals surface area contributed by atoms with Gasteiger partial charge >= 0.3 is 0 Å². The van der Waals surface area contributed by atoms with Crippen molar-refractivity contribution in [2.24, 2.45) is 0 Å². The van der Waals surface area contributed by atoms with Crippen LogP contribution in [0.1, 0.15) is 39.5 Å². The van der Waals surface area contributed by atoms with E-state index in [4.69, 9.17) is 9.26 Å². The highest BCUT2D eigenvalue weighted by molar-refractivity contribution is 5.94. The summed E-state index contributed by atoms with van der Waals surface area (Å²) in [5.74, 6) is 0.298. The van der Waals surface area contributed by atoms with Crippen LogP contribution in [0.2, 0.25) is 0 Å². The van der Waals surface area contributed by atoms with Crippen molar-refractivity contribution in [3.63, 3.8) is 0 Å². The van der Waals surface area contributed by atoms with Crippen molar-refractivity contribution in [3.05, 3.63) is 77.2 Å². The van der Waals surface area contributed by atoms with Crippen LogP contribution in [-0.4, -0.2) is 41.1 Å². The quantitative estimate of drug-likeness (QED) is 0.691. The van der Waals surface area contributed by atoms with Crippen LogP contribution in [0.25, 0.3) is 0 Å². The zero-order chi connectivity index (χ0) is 19.7. The molecule has 2 atom stereocenters. The molecule has 0 aliphatic carbocycles. The second-order valence-electron chi connectivity index (χ2n) is 6.86. The molecule has 0 radical (unpaired) electrons. The van der Waals surface area contributed by atoms with E-state index in [-0.39, 0.29) is 29.1 Å². The van der Waals surface area contributed by atoms with Gasteiger partial charge < -0.3 is 14.2 Å². The van der Waals surface area contributed by atoms with Crippen molar-refractivity contribution < 1.29 is 18.4 Å². The molecule has 0 N–H and O–H groups in total. The summed E-state index contributed by atoms with van der Waals surface area (Å²) in [7, 11) is 1.39. The third-order valence-corrected chi connectivity index (χ3v) is 5.09. The molecule has 6 nitrogen and oxygen atoms in total. The Bertz CT molecular complexity index is 990. The molecule has 7 heteroatoms. The largest absolute Gasteiger partial charge is 0.494 e. The molecule has 144 valence electrons. The number of aryl methyl sites for hydroxylation is 1. The smallest absolute Gasteiger partial charge is 0.254 e. The molecule has 0 saturated carbocycles.